The molecule has 1 aromatic heterocycles. The molecule has 116 valence electrons. The van der Waals surface area contributed by atoms with Crippen LogP contribution in [0.2, 0.25) is 0 Å². The Morgan fingerprint density at radius 2 is 2.05 bits per heavy atom. The second-order valence-electron chi connectivity index (χ2n) is 5.74. The molecule has 1 aromatic rings. The number of carboxylic acid groups (broad SMARTS) is 1. The molecule has 1 aliphatic heterocycles. The predicted molar refractivity (Wildman–Crippen MR) is 77.2 cm³/mol. The van der Waals surface area contributed by atoms with Crippen molar-refractivity contribution in [2.24, 2.45) is 5.41 Å². The van der Waals surface area contributed by atoms with Gasteiger partial charge in [0.15, 0.2) is 0 Å². The van der Waals surface area contributed by atoms with Crippen LogP contribution >= 0.6 is 0 Å². The standard InChI is InChI=1S/C15H22N2O4/c1-15(14(19)20)5-8-17(9-6-15)13(18)12-4-3-7-16(12)10-11-21-2/h3-4,7H,5-6,8-11H2,1-2H3,(H,19,20). The number of hydrogen-bond donors (Lipinski definition) is 1. The maximum absolute atomic E-state index is 12.5. The summed E-state index contributed by atoms with van der Waals surface area (Å²) in [5, 5.41) is 9.23. The predicted octanol–water partition coefficient (Wildman–Crippen LogP) is 1.46. The molecule has 1 N–H and O–H groups in total. The number of carbonyl (C=O) groups excluding carboxylic acids is 1. The summed E-state index contributed by atoms with van der Waals surface area (Å²) in [4.78, 5) is 25.5. The van der Waals surface area contributed by atoms with Gasteiger partial charge in [-0.05, 0) is 31.9 Å². The number of aliphatic carboxylic acids is 1. The molecule has 6 nitrogen and oxygen atoms in total. The van der Waals surface area contributed by atoms with Crippen LogP contribution in [0.3, 0.4) is 0 Å². The average Bonchev–Trinajstić information content (AvgIpc) is 2.93. The number of carboxylic acids is 1. The molecule has 2 heterocycles. The fourth-order valence-electron chi connectivity index (χ4n) is 2.57. The minimum atomic E-state index is -0.780. The summed E-state index contributed by atoms with van der Waals surface area (Å²) in [5.41, 5.74) is -0.0829. The maximum atomic E-state index is 12.5. The van der Waals surface area contributed by atoms with E-state index >= 15 is 0 Å². The first-order valence-electron chi connectivity index (χ1n) is 7.15. The van der Waals surface area contributed by atoms with Gasteiger partial charge in [-0.25, -0.2) is 0 Å². The normalized spacial score (nSPS) is 17.7. The number of methoxy groups -OCH3 is 1. The summed E-state index contributed by atoms with van der Waals surface area (Å²) in [6.45, 7) is 3.89. The van der Waals surface area contributed by atoms with Crippen molar-refractivity contribution in [1.82, 2.24) is 9.47 Å². The van der Waals surface area contributed by atoms with Crippen molar-refractivity contribution >= 4 is 11.9 Å². The lowest BCUT2D eigenvalue weighted by molar-refractivity contribution is -0.150. The van der Waals surface area contributed by atoms with Gasteiger partial charge in [0.1, 0.15) is 5.69 Å². The molecule has 2 rings (SSSR count). The first-order chi connectivity index (χ1) is 9.98. The van der Waals surface area contributed by atoms with E-state index in [-0.39, 0.29) is 5.91 Å². The highest BCUT2D eigenvalue weighted by molar-refractivity contribution is 5.93. The van der Waals surface area contributed by atoms with Crippen molar-refractivity contribution in [2.45, 2.75) is 26.3 Å². The van der Waals surface area contributed by atoms with E-state index in [1.54, 1.807) is 25.0 Å². The van der Waals surface area contributed by atoms with Crippen LogP contribution in [0.4, 0.5) is 0 Å². The van der Waals surface area contributed by atoms with Crippen LogP contribution in [0.15, 0.2) is 18.3 Å². The van der Waals surface area contributed by atoms with Gasteiger partial charge in [-0.3, -0.25) is 9.59 Å². The highest BCUT2D eigenvalue weighted by Gasteiger charge is 2.38. The summed E-state index contributed by atoms with van der Waals surface area (Å²) < 4.78 is 6.91. The number of hydrogen-bond acceptors (Lipinski definition) is 3. The molecule has 0 spiro atoms. The van der Waals surface area contributed by atoms with Crippen molar-refractivity contribution in [3.8, 4) is 0 Å². The van der Waals surface area contributed by atoms with Gasteiger partial charge in [-0.15, -0.1) is 0 Å². The van der Waals surface area contributed by atoms with Crippen LogP contribution in [0.25, 0.3) is 0 Å². The van der Waals surface area contributed by atoms with E-state index in [1.165, 1.54) is 0 Å². The summed E-state index contributed by atoms with van der Waals surface area (Å²) in [7, 11) is 1.63. The highest BCUT2D eigenvalue weighted by Crippen LogP contribution is 2.31. The number of ether oxygens (including phenoxy) is 1. The Morgan fingerprint density at radius 1 is 1.38 bits per heavy atom. The van der Waals surface area contributed by atoms with E-state index in [1.807, 2.05) is 16.8 Å². The van der Waals surface area contributed by atoms with E-state index in [0.717, 1.165) is 0 Å². The van der Waals surface area contributed by atoms with E-state index in [9.17, 15) is 14.7 Å². The van der Waals surface area contributed by atoms with E-state index < -0.39 is 11.4 Å². The molecule has 0 aromatic carbocycles. The lowest BCUT2D eigenvalue weighted by Crippen LogP contribution is -2.45. The molecule has 6 heteroatoms. The van der Waals surface area contributed by atoms with Crippen LogP contribution in [0.5, 0.6) is 0 Å². The second-order valence-corrected chi connectivity index (χ2v) is 5.74. The summed E-state index contributed by atoms with van der Waals surface area (Å²) in [5.74, 6) is -0.818. The molecule has 0 radical (unpaired) electrons. The zero-order chi connectivity index (χ0) is 15.5. The molecule has 1 saturated heterocycles. The average molecular weight is 294 g/mol. The molecule has 1 amide bonds. The van der Waals surface area contributed by atoms with Gasteiger partial charge in [0.05, 0.1) is 12.0 Å². The molecule has 21 heavy (non-hydrogen) atoms. The lowest BCUT2D eigenvalue weighted by atomic mass is 9.80. The van der Waals surface area contributed by atoms with Crippen LogP contribution < -0.4 is 0 Å². The SMILES string of the molecule is COCCn1cccc1C(=O)N1CCC(C)(C(=O)O)CC1. The molecule has 1 fully saturated rings. The van der Waals surface area contributed by atoms with Crippen molar-refractivity contribution in [2.75, 3.05) is 26.8 Å². The Morgan fingerprint density at radius 3 is 2.62 bits per heavy atom. The van der Waals surface area contributed by atoms with Crippen LogP contribution in [-0.4, -0.2) is 53.3 Å². The van der Waals surface area contributed by atoms with Crippen molar-refractivity contribution in [3.63, 3.8) is 0 Å². The minimum Gasteiger partial charge on any atom is -0.481 e. The molecular formula is C15H22N2O4. The van der Waals surface area contributed by atoms with Gasteiger partial charge in [0.25, 0.3) is 5.91 Å². The number of piperidine rings is 1. The van der Waals surface area contributed by atoms with Gasteiger partial charge >= 0.3 is 5.97 Å². The maximum Gasteiger partial charge on any atom is 0.309 e. The largest absolute Gasteiger partial charge is 0.481 e. The third-order valence-corrected chi connectivity index (χ3v) is 4.26. The highest BCUT2D eigenvalue weighted by atomic mass is 16.5. The van der Waals surface area contributed by atoms with Gasteiger partial charge < -0.3 is 19.3 Å². The lowest BCUT2D eigenvalue weighted by Gasteiger charge is -2.36. The van der Waals surface area contributed by atoms with Gasteiger partial charge in [0.2, 0.25) is 0 Å². The Bertz CT molecular complexity index is 515. The zero-order valence-corrected chi connectivity index (χ0v) is 12.5. The first kappa shape index (κ1) is 15.6. The van der Waals surface area contributed by atoms with Gasteiger partial charge in [0, 0.05) is 32.9 Å². The van der Waals surface area contributed by atoms with Crippen LogP contribution in [0, 0.1) is 5.41 Å². The summed E-state index contributed by atoms with van der Waals surface area (Å²) in [6, 6.07) is 3.64. The zero-order valence-electron chi connectivity index (χ0n) is 12.5. The number of rotatable bonds is 5. The summed E-state index contributed by atoms with van der Waals surface area (Å²) in [6.07, 6.45) is 2.84. The van der Waals surface area contributed by atoms with Crippen molar-refractivity contribution in [1.29, 1.82) is 0 Å². The van der Waals surface area contributed by atoms with Crippen molar-refractivity contribution < 1.29 is 19.4 Å². The molecule has 0 saturated carbocycles. The number of nitrogens with zero attached hydrogens (tertiary/aromatic N) is 2. The fourth-order valence-corrected chi connectivity index (χ4v) is 2.57. The molecule has 0 bridgehead atoms. The molecular weight excluding hydrogens is 272 g/mol. The van der Waals surface area contributed by atoms with Crippen LogP contribution in [0.1, 0.15) is 30.3 Å². The molecule has 0 unspecified atom stereocenters. The minimum absolute atomic E-state index is 0.0384. The number of carbonyl (C=O) groups is 2. The van der Waals surface area contributed by atoms with E-state index in [4.69, 9.17) is 4.74 Å². The number of likely N-dealkylation sites (tertiary alicyclic amines) is 1. The van der Waals surface area contributed by atoms with E-state index in [2.05, 4.69) is 0 Å². The van der Waals surface area contributed by atoms with Gasteiger partial charge in [-0.1, -0.05) is 0 Å². The topological polar surface area (TPSA) is 71.8 Å². The third kappa shape index (κ3) is 3.26. The van der Waals surface area contributed by atoms with Gasteiger partial charge in [-0.2, -0.15) is 0 Å². The third-order valence-electron chi connectivity index (χ3n) is 4.26. The Labute approximate surface area is 124 Å². The molecule has 0 aliphatic carbocycles. The molecule has 0 atom stereocenters. The Balaban J connectivity index is 2.02. The number of aromatic nitrogens is 1. The smallest absolute Gasteiger partial charge is 0.309 e. The number of amides is 1. The van der Waals surface area contributed by atoms with Crippen molar-refractivity contribution in [3.05, 3.63) is 24.0 Å². The first-order valence-corrected chi connectivity index (χ1v) is 7.15. The quantitative estimate of drug-likeness (QED) is 0.892. The summed E-state index contributed by atoms with van der Waals surface area (Å²) >= 11 is 0. The molecule has 1 aliphatic rings. The monoisotopic (exact) mass is 294 g/mol. The fraction of sp³-hybridized carbons (Fsp3) is 0.600. The second kappa shape index (κ2) is 6.30. The van der Waals surface area contributed by atoms with Crippen LogP contribution in [-0.2, 0) is 16.1 Å². The van der Waals surface area contributed by atoms with E-state index in [0.29, 0.717) is 44.8 Å². The Hall–Kier alpha value is -1.82. The Kier molecular flexibility index (Phi) is 4.67.